The fourth-order valence-corrected chi connectivity index (χ4v) is 3.54. The fourth-order valence-electron chi connectivity index (χ4n) is 3.54. The van der Waals surface area contributed by atoms with Crippen LogP contribution in [0.4, 0.5) is 0 Å². The number of hydrogen-bond donors (Lipinski definition) is 4. The summed E-state index contributed by atoms with van der Waals surface area (Å²) in [5.41, 5.74) is -4.61. The molecule has 0 amide bonds. The van der Waals surface area contributed by atoms with Crippen LogP contribution in [-0.2, 0) is 19.2 Å². The molecule has 0 bridgehead atoms. The van der Waals surface area contributed by atoms with Gasteiger partial charge in [0.2, 0.25) is 0 Å². The van der Waals surface area contributed by atoms with Gasteiger partial charge in [-0.25, -0.2) is 9.59 Å². The Morgan fingerprint density at radius 1 is 0.793 bits per heavy atom. The van der Waals surface area contributed by atoms with Gasteiger partial charge >= 0.3 is 23.9 Å². The highest BCUT2D eigenvalue weighted by molar-refractivity contribution is 6.14. The number of aliphatic carboxylic acids is 4. The summed E-state index contributed by atoms with van der Waals surface area (Å²) in [6, 6.07) is 4.84. The summed E-state index contributed by atoms with van der Waals surface area (Å²) in [7, 11) is 0. The average molecular weight is 406 g/mol. The lowest BCUT2D eigenvalue weighted by Gasteiger charge is -2.44. The minimum atomic E-state index is -2.54. The van der Waals surface area contributed by atoms with Crippen LogP contribution in [0.25, 0.3) is 5.57 Å². The number of allylic oxidation sites excluding steroid dienone is 2. The number of hydrogen-bond acceptors (Lipinski definition) is 4. The zero-order valence-electron chi connectivity index (χ0n) is 16.2. The Bertz CT molecular complexity index is 986. The van der Waals surface area contributed by atoms with E-state index >= 15 is 0 Å². The van der Waals surface area contributed by atoms with Gasteiger partial charge in [0.1, 0.15) is 10.8 Å². The van der Waals surface area contributed by atoms with E-state index in [-0.39, 0.29) is 11.0 Å². The van der Waals surface area contributed by atoms with E-state index in [0.29, 0.717) is 5.56 Å². The van der Waals surface area contributed by atoms with Crippen molar-refractivity contribution in [2.75, 3.05) is 0 Å². The molecule has 0 heterocycles. The lowest BCUT2D eigenvalue weighted by molar-refractivity contribution is -0.168. The van der Waals surface area contributed by atoms with Crippen LogP contribution < -0.4 is 0 Å². The van der Waals surface area contributed by atoms with Gasteiger partial charge in [0.25, 0.3) is 0 Å². The van der Waals surface area contributed by atoms with Crippen LogP contribution in [0.2, 0.25) is 0 Å². The van der Waals surface area contributed by atoms with Crippen LogP contribution in [-0.4, -0.2) is 49.8 Å². The van der Waals surface area contributed by atoms with Crippen LogP contribution in [0.1, 0.15) is 30.5 Å². The maximum Gasteiger partial charge on any atom is 0.333 e. The third kappa shape index (κ3) is 3.19. The second-order valence-electron chi connectivity index (χ2n) is 7.12. The largest absolute Gasteiger partial charge is 0.481 e. The van der Waals surface area contributed by atoms with Crippen LogP contribution in [0.5, 0.6) is 0 Å². The van der Waals surface area contributed by atoms with Gasteiger partial charge < -0.3 is 25.9 Å². The second-order valence-corrected chi connectivity index (χ2v) is 7.12. The molecular weight excluding hydrogens is 384 g/mol. The highest BCUT2D eigenvalue weighted by Crippen LogP contribution is 2.56. The molecule has 156 valence electrons. The van der Waals surface area contributed by atoms with Crippen LogP contribution >= 0.6 is 0 Å². The molecule has 9 heteroatoms. The zero-order chi connectivity index (χ0) is 21.6. The van der Waals surface area contributed by atoms with E-state index in [4.69, 9.17) is 0 Å². The third-order valence-electron chi connectivity index (χ3n) is 5.71. The van der Waals surface area contributed by atoms with Gasteiger partial charge in [0.05, 0.1) is 11.1 Å². The SMILES string of the molecule is Cc1ccc(C2=C(C(=O)O)C(C)(C(=O)O)C(C)(C(=O)O)C(C(=O)O)=C2)cc1C.O. The van der Waals surface area contributed by atoms with E-state index in [1.807, 2.05) is 6.92 Å². The molecule has 0 spiro atoms. The van der Waals surface area contributed by atoms with E-state index in [1.54, 1.807) is 25.1 Å². The molecule has 9 nitrogen and oxygen atoms in total. The molecule has 1 aliphatic rings. The standard InChI is InChI=1S/C20H20O8.H2O/c1-9-5-6-11(7-10(9)2)12-8-13(15(21)22)19(3,17(25)26)20(4,18(27)28)14(12)16(23)24;/h5-8H,1-4H3,(H,21,22)(H,23,24)(H,25,26)(H,27,28);1H2. The third-order valence-corrected chi connectivity index (χ3v) is 5.71. The summed E-state index contributed by atoms with van der Waals surface area (Å²) in [5.74, 6) is -6.76. The topological polar surface area (TPSA) is 181 Å². The molecule has 2 unspecified atom stereocenters. The first-order valence-electron chi connectivity index (χ1n) is 8.28. The van der Waals surface area contributed by atoms with Crippen molar-refractivity contribution in [1.82, 2.24) is 0 Å². The summed E-state index contributed by atoms with van der Waals surface area (Å²) in [5, 5.41) is 39.1. The van der Waals surface area contributed by atoms with Crippen molar-refractivity contribution >= 4 is 29.5 Å². The molecular formula is C20H22O9. The quantitative estimate of drug-likeness (QED) is 0.567. The summed E-state index contributed by atoms with van der Waals surface area (Å²) in [4.78, 5) is 48.2. The lowest BCUT2D eigenvalue weighted by Crippen LogP contribution is -2.55. The lowest BCUT2D eigenvalue weighted by atomic mass is 9.54. The zero-order valence-corrected chi connectivity index (χ0v) is 16.2. The Kier molecular flexibility index (Phi) is 6.11. The van der Waals surface area contributed by atoms with E-state index in [0.717, 1.165) is 31.1 Å². The van der Waals surface area contributed by atoms with Crippen LogP contribution in [0, 0.1) is 24.7 Å². The highest BCUT2D eigenvalue weighted by atomic mass is 16.4. The van der Waals surface area contributed by atoms with Gasteiger partial charge in [-0.3, -0.25) is 9.59 Å². The Hall–Kier alpha value is -3.46. The highest BCUT2D eigenvalue weighted by Gasteiger charge is 2.65. The molecule has 0 aliphatic heterocycles. The minimum absolute atomic E-state index is 0. The summed E-state index contributed by atoms with van der Waals surface area (Å²) in [6.45, 7) is 5.45. The fraction of sp³-hybridized carbons (Fsp3) is 0.300. The Balaban J connectivity index is 0.00000420. The van der Waals surface area contributed by atoms with Crippen molar-refractivity contribution in [2.24, 2.45) is 10.8 Å². The minimum Gasteiger partial charge on any atom is -0.481 e. The molecule has 6 N–H and O–H groups in total. The number of carbonyl (C=O) groups is 4. The predicted octanol–water partition coefficient (Wildman–Crippen LogP) is 1.52. The van der Waals surface area contributed by atoms with Gasteiger partial charge in [-0.2, -0.15) is 0 Å². The molecule has 0 aromatic heterocycles. The monoisotopic (exact) mass is 406 g/mol. The van der Waals surface area contributed by atoms with Gasteiger partial charge in [-0.1, -0.05) is 18.2 Å². The average Bonchev–Trinajstić information content (AvgIpc) is 2.58. The van der Waals surface area contributed by atoms with E-state index < -0.39 is 45.9 Å². The molecule has 29 heavy (non-hydrogen) atoms. The number of aryl methyl sites for hydroxylation is 2. The smallest absolute Gasteiger partial charge is 0.333 e. The number of carboxylic acid groups (broad SMARTS) is 4. The van der Waals surface area contributed by atoms with E-state index in [1.165, 1.54) is 0 Å². The van der Waals surface area contributed by atoms with Crippen molar-refractivity contribution in [3.05, 3.63) is 52.1 Å². The van der Waals surface area contributed by atoms with Gasteiger partial charge in [0.15, 0.2) is 0 Å². The molecule has 0 saturated heterocycles. The maximum atomic E-state index is 12.2. The first-order chi connectivity index (χ1) is 12.8. The molecule has 0 fully saturated rings. The second kappa shape index (κ2) is 7.51. The summed E-state index contributed by atoms with van der Waals surface area (Å²) in [6.07, 6.45) is 0.953. The van der Waals surface area contributed by atoms with E-state index in [9.17, 15) is 39.6 Å². The molecule has 0 saturated carbocycles. The Morgan fingerprint density at radius 2 is 1.31 bits per heavy atom. The number of benzene rings is 1. The van der Waals surface area contributed by atoms with Crippen LogP contribution in [0.15, 0.2) is 35.4 Å². The van der Waals surface area contributed by atoms with Crippen molar-refractivity contribution in [1.29, 1.82) is 0 Å². The van der Waals surface area contributed by atoms with Crippen molar-refractivity contribution in [3.63, 3.8) is 0 Å². The molecule has 2 atom stereocenters. The first kappa shape index (κ1) is 23.6. The van der Waals surface area contributed by atoms with Gasteiger partial charge in [-0.15, -0.1) is 0 Å². The predicted molar refractivity (Wildman–Crippen MR) is 101 cm³/mol. The normalized spacial score (nSPS) is 23.7. The molecule has 0 radical (unpaired) electrons. The van der Waals surface area contributed by atoms with Crippen molar-refractivity contribution in [3.8, 4) is 0 Å². The van der Waals surface area contributed by atoms with Gasteiger partial charge in [0, 0.05) is 0 Å². The van der Waals surface area contributed by atoms with Crippen molar-refractivity contribution < 1.29 is 45.1 Å². The van der Waals surface area contributed by atoms with Gasteiger partial charge in [-0.05, 0) is 56.0 Å². The summed E-state index contributed by atoms with van der Waals surface area (Å²) < 4.78 is 0. The Morgan fingerprint density at radius 3 is 1.69 bits per heavy atom. The summed E-state index contributed by atoms with van der Waals surface area (Å²) >= 11 is 0. The number of carboxylic acids is 4. The van der Waals surface area contributed by atoms with Crippen molar-refractivity contribution in [2.45, 2.75) is 27.7 Å². The Labute approximate surface area is 165 Å². The molecule has 1 aromatic carbocycles. The van der Waals surface area contributed by atoms with Crippen LogP contribution in [0.3, 0.4) is 0 Å². The number of rotatable bonds is 5. The molecule has 1 aliphatic carbocycles. The van der Waals surface area contributed by atoms with E-state index in [2.05, 4.69) is 0 Å². The maximum absolute atomic E-state index is 12.2. The molecule has 1 aromatic rings. The first-order valence-corrected chi connectivity index (χ1v) is 8.28. The molecule has 2 rings (SSSR count).